The Morgan fingerprint density at radius 1 is 1.10 bits per heavy atom. The number of nitrogens with one attached hydrogen (secondary N) is 2. The number of hydrogen-bond acceptors (Lipinski definition) is 3. The number of amides is 2. The van der Waals surface area contributed by atoms with Crippen molar-refractivity contribution in [3.8, 4) is 5.69 Å². The number of carbonyl (C=O) groups excluding carboxylic acids is 2. The molecular weight excluding hydrogens is 395 g/mol. The van der Waals surface area contributed by atoms with E-state index in [9.17, 15) is 14.0 Å². The third-order valence-electron chi connectivity index (χ3n) is 4.75. The van der Waals surface area contributed by atoms with Crippen LogP contribution < -0.4 is 10.6 Å². The number of rotatable bonds is 4. The summed E-state index contributed by atoms with van der Waals surface area (Å²) in [6.07, 6.45) is 2.51. The molecule has 0 atom stereocenters. The minimum Gasteiger partial charge on any atom is -0.325 e. The van der Waals surface area contributed by atoms with Crippen LogP contribution in [-0.2, 0) is 17.6 Å². The van der Waals surface area contributed by atoms with Crippen molar-refractivity contribution in [2.24, 2.45) is 0 Å². The molecule has 2 N–H and O–H groups in total. The van der Waals surface area contributed by atoms with Gasteiger partial charge in [0.05, 0.1) is 16.4 Å². The Hall–Kier alpha value is -3.19. The van der Waals surface area contributed by atoms with Crippen LogP contribution in [0.15, 0.2) is 42.5 Å². The van der Waals surface area contributed by atoms with E-state index in [0.717, 1.165) is 30.5 Å². The van der Waals surface area contributed by atoms with E-state index < -0.39 is 0 Å². The summed E-state index contributed by atoms with van der Waals surface area (Å²) in [6.45, 7) is 1.39. The maximum Gasteiger partial charge on any atom is 0.276 e. The third-order valence-corrected chi connectivity index (χ3v) is 5.07. The zero-order valence-corrected chi connectivity index (χ0v) is 16.4. The van der Waals surface area contributed by atoms with Crippen LogP contribution in [0.1, 0.15) is 35.1 Å². The van der Waals surface area contributed by atoms with Crippen LogP contribution in [0.3, 0.4) is 0 Å². The Kier molecular flexibility index (Phi) is 5.07. The first-order chi connectivity index (χ1) is 13.9. The molecule has 1 aliphatic rings. The predicted molar refractivity (Wildman–Crippen MR) is 109 cm³/mol. The zero-order chi connectivity index (χ0) is 20.5. The van der Waals surface area contributed by atoms with Crippen molar-refractivity contribution in [3.63, 3.8) is 0 Å². The van der Waals surface area contributed by atoms with E-state index in [1.165, 1.54) is 19.1 Å². The average molecular weight is 413 g/mol. The van der Waals surface area contributed by atoms with Crippen molar-refractivity contribution in [3.05, 3.63) is 70.3 Å². The van der Waals surface area contributed by atoms with Crippen molar-refractivity contribution in [2.75, 3.05) is 10.6 Å². The van der Waals surface area contributed by atoms with Gasteiger partial charge in [-0.05, 0) is 61.7 Å². The molecule has 0 unspecified atom stereocenters. The number of carbonyl (C=O) groups is 2. The first-order valence-corrected chi connectivity index (χ1v) is 9.55. The van der Waals surface area contributed by atoms with E-state index in [2.05, 4.69) is 15.7 Å². The fourth-order valence-corrected chi connectivity index (χ4v) is 3.72. The van der Waals surface area contributed by atoms with Crippen molar-refractivity contribution in [1.82, 2.24) is 9.78 Å². The van der Waals surface area contributed by atoms with Gasteiger partial charge < -0.3 is 10.6 Å². The first-order valence-electron chi connectivity index (χ1n) is 9.17. The summed E-state index contributed by atoms with van der Waals surface area (Å²) >= 11 is 6.18. The number of nitrogens with zero attached hydrogens (tertiary/aromatic N) is 2. The van der Waals surface area contributed by atoms with E-state index in [4.69, 9.17) is 11.6 Å². The Morgan fingerprint density at radius 3 is 2.55 bits per heavy atom. The van der Waals surface area contributed by atoms with Gasteiger partial charge >= 0.3 is 0 Å². The zero-order valence-electron chi connectivity index (χ0n) is 15.6. The summed E-state index contributed by atoms with van der Waals surface area (Å²) < 4.78 is 15.0. The van der Waals surface area contributed by atoms with Crippen molar-refractivity contribution >= 4 is 34.8 Å². The fraction of sp³-hybridized carbons (Fsp3) is 0.190. The molecule has 1 heterocycles. The normalized spacial score (nSPS) is 12.5. The van der Waals surface area contributed by atoms with E-state index >= 15 is 0 Å². The average Bonchev–Trinajstić information content (AvgIpc) is 3.27. The molecule has 0 fully saturated rings. The van der Waals surface area contributed by atoms with Gasteiger partial charge in [0, 0.05) is 23.9 Å². The molecule has 1 aliphatic carbocycles. The largest absolute Gasteiger partial charge is 0.325 e. The summed E-state index contributed by atoms with van der Waals surface area (Å²) in [5, 5.41) is 10.2. The predicted octanol–water partition coefficient (Wildman–Crippen LogP) is 4.36. The molecule has 4 rings (SSSR count). The van der Waals surface area contributed by atoms with Gasteiger partial charge in [0.25, 0.3) is 5.91 Å². The lowest BCUT2D eigenvalue weighted by atomic mass is 10.2. The molecule has 0 spiro atoms. The molecule has 2 aromatic carbocycles. The monoisotopic (exact) mass is 412 g/mol. The van der Waals surface area contributed by atoms with E-state index in [-0.39, 0.29) is 17.6 Å². The summed E-state index contributed by atoms with van der Waals surface area (Å²) in [5.74, 6) is -0.895. The topological polar surface area (TPSA) is 76.0 Å². The molecule has 0 radical (unpaired) electrons. The van der Waals surface area contributed by atoms with Gasteiger partial charge in [-0.3, -0.25) is 9.59 Å². The number of benzene rings is 2. The molecule has 8 heteroatoms. The lowest BCUT2D eigenvalue weighted by Crippen LogP contribution is -2.15. The number of aromatic nitrogens is 2. The molecular formula is C21H18ClFN4O2. The lowest BCUT2D eigenvalue weighted by molar-refractivity contribution is -0.114. The lowest BCUT2D eigenvalue weighted by Gasteiger charge is -2.09. The molecule has 1 aromatic heterocycles. The van der Waals surface area contributed by atoms with Gasteiger partial charge in [0.2, 0.25) is 5.91 Å². The maximum absolute atomic E-state index is 13.3. The highest BCUT2D eigenvalue weighted by Crippen LogP contribution is 2.29. The van der Waals surface area contributed by atoms with Crippen LogP contribution in [0.25, 0.3) is 5.69 Å². The highest BCUT2D eigenvalue weighted by atomic mass is 35.5. The van der Waals surface area contributed by atoms with E-state index in [1.807, 2.05) is 0 Å². The molecule has 0 bridgehead atoms. The Labute approximate surface area is 171 Å². The van der Waals surface area contributed by atoms with Crippen LogP contribution in [-0.4, -0.2) is 21.6 Å². The van der Waals surface area contributed by atoms with Gasteiger partial charge in [0.15, 0.2) is 5.69 Å². The Bertz CT molecular complexity index is 1110. The van der Waals surface area contributed by atoms with Gasteiger partial charge in [-0.1, -0.05) is 11.6 Å². The third kappa shape index (κ3) is 3.86. The minimum atomic E-state index is -0.340. The van der Waals surface area contributed by atoms with Crippen molar-refractivity contribution < 1.29 is 14.0 Å². The SMILES string of the molecule is CC(=O)Nc1ccc(NC(=O)c2nn(-c3ccc(F)cc3)c3c2CCC3)cc1Cl. The molecule has 29 heavy (non-hydrogen) atoms. The molecule has 148 valence electrons. The van der Waals surface area contributed by atoms with Crippen LogP contribution in [0, 0.1) is 5.82 Å². The highest BCUT2D eigenvalue weighted by molar-refractivity contribution is 6.34. The summed E-state index contributed by atoms with van der Waals surface area (Å²) in [7, 11) is 0. The molecule has 6 nitrogen and oxygen atoms in total. The second-order valence-electron chi connectivity index (χ2n) is 6.85. The number of fused-ring (bicyclic) bond motifs is 1. The van der Waals surface area contributed by atoms with Gasteiger partial charge in [-0.15, -0.1) is 0 Å². The van der Waals surface area contributed by atoms with Crippen molar-refractivity contribution in [2.45, 2.75) is 26.2 Å². The van der Waals surface area contributed by atoms with Gasteiger partial charge in [0.1, 0.15) is 5.82 Å². The number of halogens is 2. The maximum atomic E-state index is 13.3. The van der Waals surface area contributed by atoms with Crippen LogP contribution in [0.2, 0.25) is 5.02 Å². The summed E-state index contributed by atoms with van der Waals surface area (Å²) in [6, 6.07) is 10.9. The van der Waals surface area contributed by atoms with Crippen molar-refractivity contribution in [1.29, 1.82) is 0 Å². The van der Waals surface area contributed by atoms with Crippen LogP contribution >= 0.6 is 11.6 Å². The molecule has 0 aliphatic heterocycles. The molecule has 3 aromatic rings. The fourth-order valence-electron chi connectivity index (χ4n) is 3.49. The number of hydrogen-bond donors (Lipinski definition) is 2. The molecule has 0 saturated carbocycles. The first kappa shape index (κ1) is 19.1. The standard InChI is InChI=1S/C21H18ClFN4O2/c1-12(28)24-18-10-7-14(11-17(18)22)25-21(29)20-16-3-2-4-19(16)27(26-20)15-8-5-13(23)6-9-15/h5-11H,2-4H2,1H3,(H,24,28)(H,25,29). The number of anilines is 2. The van der Waals surface area contributed by atoms with Crippen LogP contribution in [0.4, 0.5) is 15.8 Å². The second kappa shape index (κ2) is 7.67. The summed E-state index contributed by atoms with van der Waals surface area (Å²) in [5.41, 5.74) is 3.92. The van der Waals surface area contributed by atoms with E-state index in [0.29, 0.717) is 27.8 Å². The van der Waals surface area contributed by atoms with Gasteiger partial charge in [-0.25, -0.2) is 9.07 Å². The van der Waals surface area contributed by atoms with E-state index in [1.54, 1.807) is 35.0 Å². The summed E-state index contributed by atoms with van der Waals surface area (Å²) in [4.78, 5) is 24.1. The smallest absolute Gasteiger partial charge is 0.276 e. The molecule has 0 saturated heterocycles. The van der Waals surface area contributed by atoms with Crippen LogP contribution in [0.5, 0.6) is 0 Å². The molecule has 2 amide bonds. The Balaban J connectivity index is 1.61. The minimum absolute atomic E-state index is 0.231. The second-order valence-corrected chi connectivity index (χ2v) is 7.25. The van der Waals surface area contributed by atoms with Gasteiger partial charge in [-0.2, -0.15) is 5.10 Å². The quantitative estimate of drug-likeness (QED) is 0.668. The Morgan fingerprint density at radius 2 is 1.86 bits per heavy atom. The highest BCUT2D eigenvalue weighted by Gasteiger charge is 2.27.